The molecule has 0 amide bonds. The first-order valence-corrected chi connectivity index (χ1v) is 20.2. The van der Waals surface area contributed by atoms with Crippen LogP contribution in [0.3, 0.4) is 0 Å². The van der Waals surface area contributed by atoms with Gasteiger partial charge in [0, 0.05) is 35.8 Å². The van der Waals surface area contributed by atoms with Crippen molar-refractivity contribution in [2.24, 2.45) is 23.7 Å². The third-order valence-corrected chi connectivity index (χ3v) is 13.6. The van der Waals surface area contributed by atoms with E-state index in [0.717, 1.165) is 37.4 Å². The molecule has 2 aromatic rings. The number of carbonyl (C=O) groups excluding carboxylic acids is 1. The molecule has 2 aliphatic heterocycles. The highest BCUT2D eigenvalue weighted by Crippen LogP contribution is 2.55. The van der Waals surface area contributed by atoms with E-state index in [1.807, 2.05) is 0 Å². The van der Waals surface area contributed by atoms with Gasteiger partial charge in [0.05, 0.1) is 0 Å². The molecular formula is C43H60N2O5. The van der Waals surface area contributed by atoms with Gasteiger partial charge in [0.1, 0.15) is 11.5 Å². The third-order valence-electron chi connectivity index (χ3n) is 13.6. The van der Waals surface area contributed by atoms with Gasteiger partial charge in [0.15, 0.2) is 0 Å². The second-order valence-corrected chi connectivity index (χ2v) is 17.5. The number of rotatable bonds is 10. The number of nitrogens with one attached hydrogen (secondary N) is 2. The Bertz CT molecular complexity index is 1420. The summed E-state index contributed by atoms with van der Waals surface area (Å²) in [4.78, 5) is 13.5. The zero-order valence-corrected chi connectivity index (χ0v) is 30.9. The zero-order valence-electron chi connectivity index (χ0n) is 30.9. The highest BCUT2D eigenvalue weighted by atomic mass is 16.8. The Morgan fingerprint density at radius 1 is 0.680 bits per heavy atom. The highest BCUT2D eigenvalue weighted by Gasteiger charge is 2.53. The summed E-state index contributed by atoms with van der Waals surface area (Å²) in [6, 6.07) is 14.4. The van der Waals surface area contributed by atoms with Crippen molar-refractivity contribution in [3.8, 4) is 11.5 Å². The maximum absolute atomic E-state index is 13.5. The van der Waals surface area contributed by atoms with Crippen LogP contribution in [0.1, 0.15) is 127 Å². The average molecular weight is 685 g/mol. The molecule has 0 aromatic heterocycles. The minimum Gasteiger partial charge on any atom is -0.455 e. The second-order valence-electron chi connectivity index (χ2n) is 17.5. The van der Waals surface area contributed by atoms with E-state index >= 15 is 0 Å². The lowest BCUT2D eigenvalue weighted by Gasteiger charge is -2.56. The van der Waals surface area contributed by atoms with Crippen molar-refractivity contribution in [1.82, 2.24) is 10.6 Å². The van der Waals surface area contributed by atoms with E-state index in [2.05, 4.69) is 74.7 Å². The van der Waals surface area contributed by atoms with Gasteiger partial charge in [-0.25, -0.2) is 4.79 Å². The van der Waals surface area contributed by atoms with Crippen LogP contribution in [0.4, 0.5) is 4.79 Å². The molecule has 2 heterocycles. The number of benzene rings is 2. The SMILES string of the molecule is CC(C)CC(OC(=O)OC(CC(C)C)Oc1ccc2c(c1)[C@@]13CCCC[C@H]1[C@@H](C2)NCC3)Oc1ccc2c(c1)[C@@]13CCCC[C@H]1[C@@H](C2)NCC3. The smallest absolute Gasteiger partial charge is 0.455 e. The topological polar surface area (TPSA) is 78.1 Å². The number of fused-ring (bicyclic) bond motifs is 2. The van der Waals surface area contributed by atoms with Crippen molar-refractivity contribution in [3.63, 3.8) is 0 Å². The summed E-state index contributed by atoms with van der Waals surface area (Å²) in [6.07, 6.45) is 13.8. The fraction of sp³-hybridized carbons (Fsp3) is 0.698. The Morgan fingerprint density at radius 3 is 1.58 bits per heavy atom. The van der Waals surface area contributed by atoms with Gasteiger partial charge < -0.3 is 29.6 Å². The lowest BCUT2D eigenvalue weighted by molar-refractivity contribution is -0.117. The molecule has 2 aromatic carbocycles. The van der Waals surface area contributed by atoms with Gasteiger partial charge in [0.25, 0.3) is 0 Å². The molecule has 0 spiro atoms. The molecule has 8 atom stereocenters. The van der Waals surface area contributed by atoms with Crippen molar-refractivity contribution >= 4 is 6.16 Å². The van der Waals surface area contributed by atoms with Crippen LogP contribution < -0.4 is 20.1 Å². The van der Waals surface area contributed by atoms with Crippen molar-refractivity contribution in [2.75, 3.05) is 13.1 Å². The fourth-order valence-electron chi connectivity index (χ4n) is 11.5. The summed E-state index contributed by atoms with van der Waals surface area (Å²) in [6.45, 7) is 10.7. The molecule has 4 fully saturated rings. The fourth-order valence-corrected chi connectivity index (χ4v) is 11.5. The van der Waals surface area contributed by atoms with Crippen LogP contribution in [0.15, 0.2) is 36.4 Å². The molecule has 2 unspecified atom stereocenters. The van der Waals surface area contributed by atoms with Crippen LogP contribution in [0.5, 0.6) is 11.5 Å². The number of piperidine rings is 2. The van der Waals surface area contributed by atoms with E-state index in [-0.39, 0.29) is 22.7 Å². The first-order valence-electron chi connectivity index (χ1n) is 20.2. The third kappa shape index (κ3) is 6.44. The Kier molecular flexibility index (Phi) is 9.60. The van der Waals surface area contributed by atoms with Gasteiger partial charge in [-0.1, -0.05) is 65.5 Å². The molecule has 6 aliphatic rings. The minimum absolute atomic E-state index is 0.236. The maximum Gasteiger partial charge on any atom is 0.514 e. The molecule has 272 valence electrons. The van der Waals surface area contributed by atoms with Crippen molar-refractivity contribution in [3.05, 3.63) is 58.7 Å². The summed E-state index contributed by atoms with van der Waals surface area (Å²) in [5.74, 6) is 3.49. The van der Waals surface area contributed by atoms with Crippen LogP contribution in [0.25, 0.3) is 0 Å². The Labute approximate surface area is 299 Å². The summed E-state index contributed by atoms with van der Waals surface area (Å²) in [7, 11) is 0. The van der Waals surface area contributed by atoms with E-state index in [0.29, 0.717) is 36.8 Å². The first kappa shape index (κ1) is 34.3. The molecule has 2 saturated heterocycles. The van der Waals surface area contributed by atoms with Crippen molar-refractivity contribution in [1.29, 1.82) is 0 Å². The number of hydrogen-bond acceptors (Lipinski definition) is 7. The van der Waals surface area contributed by atoms with E-state index in [9.17, 15) is 4.79 Å². The number of hydrogen-bond donors (Lipinski definition) is 2. The molecule has 8 rings (SSSR count). The van der Waals surface area contributed by atoms with Gasteiger partial charge in [-0.2, -0.15) is 0 Å². The lowest BCUT2D eigenvalue weighted by atomic mass is 9.53. The average Bonchev–Trinajstić information content (AvgIpc) is 3.08. The van der Waals surface area contributed by atoms with Gasteiger partial charge in [-0.15, -0.1) is 0 Å². The Hall–Kier alpha value is -2.77. The Balaban J connectivity index is 0.976. The van der Waals surface area contributed by atoms with E-state index in [1.54, 1.807) is 0 Å². The summed E-state index contributed by atoms with van der Waals surface area (Å²) < 4.78 is 25.0. The lowest BCUT2D eigenvalue weighted by Crippen LogP contribution is -2.59. The first-order chi connectivity index (χ1) is 24.2. The largest absolute Gasteiger partial charge is 0.514 e. The van der Waals surface area contributed by atoms with Crippen molar-refractivity contribution < 1.29 is 23.7 Å². The second kappa shape index (κ2) is 14.0. The van der Waals surface area contributed by atoms with Crippen LogP contribution in [0, 0.1) is 23.7 Å². The van der Waals surface area contributed by atoms with E-state index in [4.69, 9.17) is 18.9 Å². The zero-order chi connectivity index (χ0) is 34.5. The molecule has 2 N–H and O–H groups in total. The van der Waals surface area contributed by atoms with E-state index in [1.165, 1.54) is 86.5 Å². The Morgan fingerprint density at radius 2 is 1.14 bits per heavy atom. The minimum atomic E-state index is -0.747. The van der Waals surface area contributed by atoms with Gasteiger partial charge in [0.2, 0.25) is 12.6 Å². The number of carbonyl (C=O) groups is 1. The highest BCUT2D eigenvalue weighted by molar-refractivity contribution is 5.60. The van der Waals surface area contributed by atoms with Gasteiger partial charge >= 0.3 is 6.16 Å². The molecule has 50 heavy (non-hydrogen) atoms. The number of ether oxygens (including phenoxy) is 4. The summed E-state index contributed by atoms with van der Waals surface area (Å²) >= 11 is 0. The van der Waals surface area contributed by atoms with Crippen LogP contribution in [-0.2, 0) is 33.1 Å². The quantitative estimate of drug-likeness (QED) is 0.192. The summed E-state index contributed by atoms with van der Waals surface area (Å²) in [5, 5.41) is 7.67. The predicted molar refractivity (Wildman–Crippen MR) is 196 cm³/mol. The molecular weight excluding hydrogens is 624 g/mol. The molecule has 7 nitrogen and oxygen atoms in total. The van der Waals surface area contributed by atoms with Crippen LogP contribution >= 0.6 is 0 Å². The maximum atomic E-state index is 13.5. The summed E-state index contributed by atoms with van der Waals surface area (Å²) in [5.41, 5.74) is 6.31. The normalized spacial score (nSPS) is 32.1. The van der Waals surface area contributed by atoms with Crippen LogP contribution in [-0.4, -0.2) is 43.9 Å². The van der Waals surface area contributed by atoms with Crippen molar-refractivity contribution in [2.45, 2.75) is 153 Å². The molecule has 2 saturated carbocycles. The molecule has 0 radical (unpaired) electrons. The van der Waals surface area contributed by atoms with Gasteiger partial charge in [-0.3, -0.25) is 0 Å². The standard InChI is InChI=1S/C43H60N2O5/c1-27(2)21-39(47-31-13-11-29-23-37-33-9-5-7-15-42(33,17-19-44-37)35(29)25-31)49-41(46)50-40(22-28(3)4)48-32-14-12-30-24-38-34-10-6-8-16-43(34,18-20-45-38)36(30)26-32/h11-14,25-28,33-34,37-40,44-45H,5-10,15-24H2,1-4H3/t33-,34-,37+,38+,39?,40?,42+,43+/m0/s1. The predicted octanol–water partition coefficient (Wildman–Crippen LogP) is 8.73. The molecule has 4 aliphatic carbocycles. The van der Waals surface area contributed by atoms with Gasteiger partial charge in [-0.05, 0) is 135 Å². The van der Waals surface area contributed by atoms with E-state index < -0.39 is 18.7 Å². The van der Waals surface area contributed by atoms with Crippen LogP contribution in [0.2, 0.25) is 0 Å². The monoisotopic (exact) mass is 684 g/mol. The molecule has 4 bridgehead atoms. The molecule has 7 heteroatoms.